The van der Waals surface area contributed by atoms with Crippen LogP contribution in [-0.2, 0) is 12.0 Å². The molecule has 4 heteroatoms. The number of carbonyl (C=O) groups is 1. The van der Waals surface area contributed by atoms with E-state index in [4.69, 9.17) is 0 Å². The molecule has 0 aliphatic rings. The van der Waals surface area contributed by atoms with Crippen LogP contribution in [0.5, 0.6) is 0 Å². The lowest BCUT2D eigenvalue weighted by molar-refractivity contribution is 0.0699. The molecule has 21 heavy (non-hydrogen) atoms. The van der Waals surface area contributed by atoms with Gasteiger partial charge in [-0.15, -0.1) is 0 Å². The molecule has 1 aromatic carbocycles. The van der Waals surface area contributed by atoms with Gasteiger partial charge in [0.05, 0.1) is 11.1 Å². The van der Waals surface area contributed by atoms with E-state index >= 15 is 0 Å². The van der Waals surface area contributed by atoms with Crippen LogP contribution in [0.3, 0.4) is 0 Å². The van der Waals surface area contributed by atoms with Gasteiger partial charge in [-0.3, -0.25) is 0 Å². The highest BCUT2D eigenvalue weighted by Crippen LogP contribution is 2.31. The van der Waals surface area contributed by atoms with Gasteiger partial charge in [0.25, 0.3) is 0 Å². The van der Waals surface area contributed by atoms with Crippen molar-refractivity contribution in [3.05, 3.63) is 29.6 Å². The van der Waals surface area contributed by atoms with Crippen molar-refractivity contribution in [3.63, 3.8) is 0 Å². The Morgan fingerprint density at radius 1 is 1.29 bits per heavy atom. The van der Waals surface area contributed by atoms with Crippen LogP contribution in [0.4, 0.5) is 0 Å². The number of para-hydroxylation sites is 1. The highest BCUT2D eigenvalue weighted by atomic mass is 16.4. The first-order chi connectivity index (χ1) is 9.92. The van der Waals surface area contributed by atoms with Crippen molar-refractivity contribution >= 4 is 17.0 Å². The Hall–Kier alpha value is -1.84. The summed E-state index contributed by atoms with van der Waals surface area (Å²) in [7, 11) is 0. The summed E-state index contributed by atoms with van der Waals surface area (Å²) in [4.78, 5) is 16.1. The Morgan fingerprint density at radius 3 is 2.57 bits per heavy atom. The van der Waals surface area contributed by atoms with Gasteiger partial charge >= 0.3 is 5.97 Å². The van der Waals surface area contributed by atoms with Crippen molar-refractivity contribution < 1.29 is 9.90 Å². The Morgan fingerprint density at radius 2 is 2.00 bits per heavy atom. The van der Waals surface area contributed by atoms with Crippen LogP contribution in [0.25, 0.3) is 11.0 Å². The van der Waals surface area contributed by atoms with E-state index in [9.17, 15) is 9.90 Å². The first kappa shape index (κ1) is 15.5. The number of aromatic carboxylic acids is 1. The smallest absolute Gasteiger partial charge is 0.337 e. The first-order valence-electron chi connectivity index (χ1n) is 7.66. The number of carboxylic acid groups (broad SMARTS) is 1. The van der Waals surface area contributed by atoms with Gasteiger partial charge in [0.2, 0.25) is 0 Å². The van der Waals surface area contributed by atoms with Gasteiger partial charge in [0.1, 0.15) is 11.3 Å². The summed E-state index contributed by atoms with van der Waals surface area (Å²) in [5.74, 6) is 0.0706. The van der Waals surface area contributed by atoms with E-state index in [-0.39, 0.29) is 11.1 Å². The quantitative estimate of drug-likeness (QED) is 0.865. The fraction of sp³-hybridized carbons (Fsp3) is 0.529. The summed E-state index contributed by atoms with van der Waals surface area (Å²) in [5, 5.41) is 9.37. The lowest BCUT2D eigenvalue weighted by Gasteiger charge is -2.29. The molecule has 0 aliphatic heterocycles. The Kier molecular flexibility index (Phi) is 4.35. The van der Waals surface area contributed by atoms with Crippen molar-refractivity contribution in [2.24, 2.45) is 0 Å². The predicted octanol–water partition coefficient (Wildman–Crippen LogP) is 4.22. The second-order valence-corrected chi connectivity index (χ2v) is 6.15. The maximum Gasteiger partial charge on any atom is 0.337 e. The molecule has 0 aliphatic carbocycles. The van der Waals surface area contributed by atoms with Crippen LogP contribution in [0, 0.1) is 0 Å². The summed E-state index contributed by atoms with van der Waals surface area (Å²) in [6.45, 7) is 8.69. The van der Waals surface area contributed by atoms with E-state index in [0.717, 1.165) is 37.0 Å². The van der Waals surface area contributed by atoms with Crippen molar-refractivity contribution in [2.75, 3.05) is 0 Å². The second kappa shape index (κ2) is 5.88. The first-order valence-corrected chi connectivity index (χ1v) is 7.66. The number of aromatic nitrogens is 2. The normalized spacial score (nSPS) is 12.0. The molecule has 2 rings (SSSR count). The second-order valence-electron chi connectivity index (χ2n) is 6.15. The highest BCUT2D eigenvalue weighted by molar-refractivity contribution is 6.01. The Labute approximate surface area is 125 Å². The van der Waals surface area contributed by atoms with Crippen LogP contribution in [0.2, 0.25) is 0 Å². The number of imidazole rings is 1. The molecule has 0 fully saturated rings. The number of carboxylic acids is 1. The van der Waals surface area contributed by atoms with Crippen LogP contribution in [-0.4, -0.2) is 20.6 Å². The topological polar surface area (TPSA) is 55.1 Å². The van der Waals surface area contributed by atoms with Crippen LogP contribution in [0.1, 0.15) is 63.1 Å². The average molecular weight is 288 g/mol. The van der Waals surface area contributed by atoms with E-state index in [1.165, 1.54) is 0 Å². The molecular weight excluding hydrogens is 264 g/mol. The number of fused-ring (bicyclic) bond motifs is 1. The summed E-state index contributed by atoms with van der Waals surface area (Å²) >= 11 is 0. The standard InChI is InChI=1S/C17H24N2O2/c1-5-8-14-18-15-12(16(20)21)9-7-10-13(15)19(14)17(3,4)11-6-2/h7,9-10H,5-6,8,11H2,1-4H3,(H,20,21). The fourth-order valence-electron chi connectivity index (χ4n) is 3.11. The van der Waals surface area contributed by atoms with Gasteiger partial charge in [0.15, 0.2) is 0 Å². The molecule has 0 atom stereocenters. The lowest BCUT2D eigenvalue weighted by atomic mass is 9.97. The van der Waals surface area contributed by atoms with E-state index < -0.39 is 5.97 Å². The number of rotatable bonds is 6. The summed E-state index contributed by atoms with van der Waals surface area (Å²) < 4.78 is 2.24. The van der Waals surface area contributed by atoms with Crippen LogP contribution < -0.4 is 0 Å². The Bertz CT molecular complexity index is 656. The molecule has 4 nitrogen and oxygen atoms in total. The van der Waals surface area contributed by atoms with Crippen molar-refractivity contribution in [1.82, 2.24) is 9.55 Å². The van der Waals surface area contributed by atoms with E-state index in [1.54, 1.807) is 6.07 Å². The molecular formula is C17H24N2O2. The van der Waals surface area contributed by atoms with Crippen molar-refractivity contribution in [2.45, 2.75) is 58.9 Å². The zero-order valence-electron chi connectivity index (χ0n) is 13.3. The summed E-state index contributed by atoms with van der Waals surface area (Å²) in [6.07, 6.45) is 3.97. The van der Waals surface area contributed by atoms with Gasteiger partial charge in [-0.1, -0.05) is 26.3 Å². The van der Waals surface area contributed by atoms with Gasteiger partial charge in [-0.2, -0.15) is 0 Å². The molecule has 0 bridgehead atoms. The summed E-state index contributed by atoms with van der Waals surface area (Å²) in [6, 6.07) is 5.41. The largest absolute Gasteiger partial charge is 0.478 e. The number of hydrogen-bond acceptors (Lipinski definition) is 2. The molecule has 114 valence electrons. The molecule has 0 radical (unpaired) electrons. The Balaban J connectivity index is 2.75. The third-order valence-corrected chi connectivity index (χ3v) is 3.93. The lowest BCUT2D eigenvalue weighted by Crippen LogP contribution is -2.27. The molecule has 1 heterocycles. The predicted molar refractivity (Wildman–Crippen MR) is 84.9 cm³/mol. The molecule has 0 saturated heterocycles. The van der Waals surface area contributed by atoms with Gasteiger partial charge in [-0.05, 0) is 38.8 Å². The third kappa shape index (κ3) is 2.80. The van der Waals surface area contributed by atoms with Gasteiger partial charge in [0, 0.05) is 12.0 Å². The molecule has 0 unspecified atom stereocenters. The number of nitrogens with zero attached hydrogens (tertiary/aromatic N) is 2. The van der Waals surface area contributed by atoms with Crippen LogP contribution in [0.15, 0.2) is 18.2 Å². The molecule has 0 saturated carbocycles. The minimum Gasteiger partial charge on any atom is -0.478 e. The highest BCUT2D eigenvalue weighted by Gasteiger charge is 2.26. The molecule has 2 aromatic rings. The zero-order chi connectivity index (χ0) is 15.6. The number of aryl methyl sites for hydroxylation is 1. The van der Waals surface area contributed by atoms with Crippen molar-refractivity contribution in [1.29, 1.82) is 0 Å². The maximum absolute atomic E-state index is 11.4. The van der Waals surface area contributed by atoms with Gasteiger partial charge in [-0.25, -0.2) is 9.78 Å². The molecule has 1 N–H and O–H groups in total. The third-order valence-electron chi connectivity index (χ3n) is 3.93. The molecule has 1 aromatic heterocycles. The maximum atomic E-state index is 11.4. The number of hydrogen-bond donors (Lipinski definition) is 1. The molecule has 0 amide bonds. The van der Waals surface area contributed by atoms with Crippen molar-refractivity contribution in [3.8, 4) is 0 Å². The fourth-order valence-corrected chi connectivity index (χ4v) is 3.11. The van der Waals surface area contributed by atoms with E-state index in [2.05, 4.69) is 37.2 Å². The molecule has 0 spiro atoms. The summed E-state index contributed by atoms with van der Waals surface area (Å²) in [5.41, 5.74) is 1.76. The average Bonchev–Trinajstić information content (AvgIpc) is 2.77. The number of benzene rings is 1. The van der Waals surface area contributed by atoms with E-state index in [0.29, 0.717) is 5.52 Å². The minimum atomic E-state index is -0.915. The monoisotopic (exact) mass is 288 g/mol. The van der Waals surface area contributed by atoms with Gasteiger partial charge < -0.3 is 9.67 Å². The van der Waals surface area contributed by atoms with E-state index in [1.807, 2.05) is 12.1 Å². The van der Waals surface area contributed by atoms with Crippen LogP contribution >= 0.6 is 0 Å². The SMILES string of the molecule is CCCc1nc2c(C(=O)O)cccc2n1C(C)(C)CCC. The zero-order valence-corrected chi connectivity index (χ0v) is 13.3. The minimum absolute atomic E-state index is 0.0644.